The van der Waals surface area contributed by atoms with Gasteiger partial charge in [0.2, 0.25) is 0 Å². The summed E-state index contributed by atoms with van der Waals surface area (Å²) in [5, 5.41) is 12.9. The van der Waals surface area contributed by atoms with Crippen LogP contribution >= 0.6 is 0 Å². The Morgan fingerprint density at radius 2 is 1.83 bits per heavy atom. The molecule has 0 atom stereocenters. The molecule has 2 N–H and O–H groups in total. The number of anilines is 2. The maximum absolute atomic E-state index is 12.9. The van der Waals surface area contributed by atoms with E-state index in [1.165, 1.54) is 24.3 Å². The second-order valence-electron chi connectivity index (χ2n) is 5.22. The first-order valence-electron chi connectivity index (χ1n) is 7.01. The zero-order valence-corrected chi connectivity index (χ0v) is 11.9. The molecular formula is C15H13F3N4O. The van der Waals surface area contributed by atoms with Crippen LogP contribution in [0.25, 0.3) is 0 Å². The SMILES string of the molecule is O=C(Nc1ccccc1C(F)(F)F)c1ccc(NC2CC2)nn1. The van der Waals surface area contributed by atoms with Gasteiger partial charge in [-0.05, 0) is 37.1 Å². The third kappa shape index (κ3) is 3.77. The van der Waals surface area contributed by atoms with Gasteiger partial charge in [0, 0.05) is 6.04 Å². The molecule has 0 spiro atoms. The lowest BCUT2D eigenvalue weighted by atomic mass is 10.1. The number of nitrogens with zero attached hydrogens (tertiary/aromatic N) is 2. The van der Waals surface area contributed by atoms with E-state index in [1.807, 2.05) is 0 Å². The third-order valence-electron chi connectivity index (χ3n) is 3.31. The molecule has 2 aromatic rings. The third-order valence-corrected chi connectivity index (χ3v) is 3.31. The molecule has 1 aromatic carbocycles. The van der Waals surface area contributed by atoms with Gasteiger partial charge in [0.25, 0.3) is 5.91 Å². The van der Waals surface area contributed by atoms with Crippen molar-refractivity contribution in [1.82, 2.24) is 10.2 Å². The minimum atomic E-state index is -4.55. The summed E-state index contributed by atoms with van der Waals surface area (Å²) in [6.07, 6.45) is -2.41. The molecule has 1 heterocycles. The highest BCUT2D eigenvalue weighted by Crippen LogP contribution is 2.34. The number of carbonyl (C=O) groups excluding carboxylic acids is 1. The van der Waals surface area contributed by atoms with E-state index in [9.17, 15) is 18.0 Å². The van der Waals surface area contributed by atoms with Gasteiger partial charge in [0.15, 0.2) is 5.69 Å². The van der Waals surface area contributed by atoms with Crippen LogP contribution in [0.3, 0.4) is 0 Å². The Hall–Kier alpha value is -2.64. The van der Waals surface area contributed by atoms with Gasteiger partial charge in [-0.15, -0.1) is 10.2 Å². The highest BCUT2D eigenvalue weighted by Gasteiger charge is 2.33. The van der Waals surface area contributed by atoms with Crippen molar-refractivity contribution in [3.8, 4) is 0 Å². The number of para-hydroxylation sites is 1. The number of hydrogen-bond acceptors (Lipinski definition) is 4. The smallest absolute Gasteiger partial charge is 0.366 e. The average Bonchev–Trinajstić information content (AvgIpc) is 3.31. The molecule has 23 heavy (non-hydrogen) atoms. The van der Waals surface area contributed by atoms with E-state index in [4.69, 9.17) is 0 Å². The standard InChI is InChI=1S/C15H13F3N4O/c16-15(17,18)10-3-1-2-4-11(10)20-14(23)12-7-8-13(22-21-12)19-9-5-6-9/h1-4,7-9H,5-6H2,(H,19,22)(H,20,23). The normalized spacial score (nSPS) is 14.4. The number of hydrogen-bond donors (Lipinski definition) is 2. The van der Waals surface area contributed by atoms with Crippen molar-refractivity contribution < 1.29 is 18.0 Å². The van der Waals surface area contributed by atoms with Gasteiger partial charge in [-0.1, -0.05) is 12.1 Å². The van der Waals surface area contributed by atoms with E-state index in [-0.39, 0.29) is 11.4 Å². The molecule has 1 aliphatic carbocycles. The zero-order chi connectivity index (χ0) is 16.4. The van der Waals surface area contributed by atoms with E-state index in [0.717, 1.165) is 18.9 Å². The van der Waals surface area contributed by atoms with Crippen molar-refractivity contribution in [3.63, 3.8) is 0 Å². The number of amides is 1. The predicted octanol–water partition coefficient (Wildman–Crippen LogP) is 3.32. The second kappa shape index (κ2) is 5.86. The summed E-state index contributed by atoms with van der Waals surface area (Å²) in [5.74, 6) is -0.202. The first-order chi connectivity index (χ1) is 10.9. The molecule has 5 nitrogen and oxygen atoms in total. The van der Waals surface area contributed by atoms with Gasteiger partial charge in [0.1, 0.15) is 5.82 Å². The summed E-state index contributed by atoms with van der Waals surface area (Å²) in [4.78, 5) is 12.0. The van der Waals surface area contributed by atoms with Crippen LogP contribution in [0.1, 0.15) is 28.9 Å². The van der Waals surface area contributed by atoms with Crippen molar-refractivity contribution >= 4 is 17.4 Å². The van der Waals surface area contributed by atoms with Crippen molar-refractivity contribution in [2.75, 3.05) is 10.6 Å². The molecule has 0 unspecified atom stereocenters. The fourth-order valence-electron chi connectivity index (χ4n) is 1.99. The Labute approximate surface area is 129 Å². The Balaban J connectivity index is 1.74. The number of benzene rings is 1. The van der Waals surface area contributed by atoms with Crippen molar-refractivity contribution in [2.45, 2.75) is 25.1 Å². The molecular weight excluding hydrogens is 309 g/mol. The summed E-state index contributed by atoms with van der Waals surface area (Å²) >= 11 is 0. The highest BCUT2D eigenvalue weighted by atomic mass is 19.4. The number of rotatable bonds is 4. The van der Waals surface area contributed by atoms with Crippen LogP contribution in [0.5, 0.6) is 0 Å². The minimum absolute atomic E-state index is 0.0525. The quantitative estimate of drug-likeness (QED) is 0.906. The predicted molar refractivity (Wildman–Crippen MR) is 78.1 cm³/mol. The summed E-state index contributed by atoms with van der Waals surface area (Å²) in [5.41, 5.74) is -1.27. The lowest BCUT2D eigenvalue weighted by molar-refractivity contribution is -0.136. The molecule has 1 amide bonds. The molecule has 0 saturated heterocycles. The Bertz CT molecular complexity index is 711. The number of aromatic nitrogens is 2. The van der Waals surface area contributed by atoms with Gasteiger partial charge >= 0.3 is 6.18 Å². The molecule has 8 heteroatoms. The lowest BCUT2D eigenvalue weighted by Crippen LogP contribution is -2.18. The van der Waals surface area contributed by atoms with Gasteiger partial charge in [0.05, 0.1) is 11.3 Å². The largest absolute Gasteiger partial charge is 0.418 e. The summed E-state index contributed by atoms with van der Waals surface area (Å²) < 4.78 is 38.7. The van der Waals surface area contributed by atoms with Crippen LogP contribution < -0.4 is 10.6 Å². The summed E-state index contributed by atoms with van der Waals surface area (Å²) in [6, 6.07) is 8.17. The number of alkyl halides is 3. The van der Waals surface area contributed by atoms with Crippen molar-refractivity contribution in [3.05, 3.63) is 47.7 Å². The van der Waals surface area contributed by atoms with E-state index < -0.39 is 17.6 Å². The molecule has 0 bridgehead atoms. The monoisotopic (exact) mass is 322 g/mol. The first-order valence-corrected chi connectivity index (χ1v) is 7.01. The molecule has 120 valence electrons. The van der Waals surface area contributed by atoms with E-state index in [2.05, 4.69) is 20.8 Å². The number of carbonyl (C=O) groups is 1. The highest BCUT2D eigenvalue weighted by molar-refractivity contribution is 6.03. The van der Waals surface area contributed by atoms with Crippen molar-refractivity contribution in [1.29, 1.82) is 0 Å². The topological polar surface area (TPSA) is 66.9 Å². The average molecular weight is 322 g/mol. The first kappa shape index (κ1) is 15.3. The van der Waals surface area contributed by atoms with Gasteiger partial charge in [-0.2, -0.15) is 13.2 Å². The molecule has 0 radical (unpaired) electrons. The van der Waals surface area contributed by atoms with Gasteiger partial charge in [-0.25, -0.2) is 0 Å². The molecule has 1 aliphatic rings. The number of halogens is 3. The van der Waals surface area contributed by atoms with Crippen LogP contribution in [0, 0.1) is 0 Å². The Morgan fingerprint density at radius 1 is 1.09 bits per heavy atom. The Morgan fingerprint density at radius 3 is 2.43 bits per heavy atom. The molecule has 3 rings (SSSR count). The van der Waals surface area contributed by atoms with Crippen LogP contribution in [0.4, 0.5) is 24.7 Å². The van der Waals surface area contributed by atoms with Gasteiger partial charge < -0.3 is 10.6 Å². The molecule has 1 saturated carbocycles. The molecule has 1 aromatic heterocycles. The Kier molecular flexibility index (Phi) is 3.89. The molecule has 1 fully saturated rings. The summed E-state index contributed by atoms with van der Waals surface area (Å²) in [7, 11) is 0. The van der Waals surface area contributed by atoms with Crippen LogP contribution in [-0.2, 0) is 6.18 Å². The molecule has 0 aliphatic heterocycles. The number of nitrogens with one attached hydrogen (secondary N) is 2. The fraction of sp³-hybridized carbons (Fsp3) is 0.267. The second-order valence-corrected chi connectivity index (χ2v) is 5.22. The van der Waals surface area contributed by atoms with E-state index in [1.54, 1.807) is 6.07 Å². The van der Waals surface area contributed by atoms with E-state index >= 15 is 0 Å². The van der Waals surface area contributed by atoms with Crippen LogP contribution in [0.2, 0.25) is 0 Å². The van der Waals surface area contributed by atoms with Crippen LogP contribution in [-0.4, -0.2) is 22.1 Å². The van der Waals surface area contributed by atoms with Crippen LogP contribution in [0.15, 0.2) is 36.4 Å². The van der Waals surface area contributed by atoms with E-state index in [0.29, 0.717) is 11.9 Å². The van der Waals surface area contributed by atoms with Crippen molar-refractivity contribution in [2.24, 2.45) is 0 Å². The fourth-order valence-corrected chi connectivity index (χ4v) is 1.99. The summed E-state index contributed by atoms with van der Waals surface area (Å²) in [6.45, 7) is 0. The maximum Gasteiger partial charge on any atom is 0.418 e. The minimum Gasteiger partial charge on any atom is -0.366 e. The zero-order valence-electron chi connectivity index (χ0n) is 11.9. The van der Waals surface area contributed by atoms with Gasteiger partial charge in [-0.3, -0.25) is 4.79 Å². The maximum atomic E-state index is 12.9. The lowest BCUT2D eigenvalue weighted by Gasteiger charge is -2.13.